The quantitative estimate of drug-likeness (QED) is 0.705. The highest BCUT2D eigenvalue weighted by Crippen LogP contribution is 2.15. The van der Waals surface area contributed by atoms with E-state index < -0.39 is 0 Å². The first-order chi connectivity index (χ1) is 5.24. The predicted molar refractivity (Wildman–Crippen MR) is 48.0 cm³/mol. The van der Waals surface area contributed by atoms with E-state index in [1.807, 2.05) is 6.07 Å². The van der Waals surface area contributed by atoms with Gasteiger partial charge in [0.05, 0.1) is 7.11 Å². The Labute approximate surface area is 74.0 Å². The molecule has 0 unspecified atom stereocenters. The average Bonchev–Trinajstić information content (AvgIpc) is 2.03. The fourth-order valence-corrected chi connectivity index (χ4v) is 1.05. The minimum Gasteiger partial charge on any atom is -0.497 e. The Hall–Kier alpha value is -0.830. The number of rotatable bonds is 2. The molecule has 58 valence electrons. The normalized spacial score (nSPS) is 9.27. The Morgan fingerprint density at radius 2 is 2.36 bits per heavy atom. The molecule has 0 amide bonds. The lowest BCUT2D eigenvalue weighted by Gasteiger charge is -2.02. The molecule has 0 aromatic carbocycles. The van der Waals surface area contributed by atoms with Gasteiger partial charge in [-0.15, -0.1) is 0 Å². The lowest BCUT2D eigenvalue weighted by Crippen LogP contribution is -1.86. The van der Waals surface area contributed by atoms with Crippen molar-refractivity contribution in [3.63, 3.8) is 0 Å². The molecule has 0 atom stereocenters. The summed E-state index contributed by atoms with van der Waals surface area (Å²) in [6.07, 6.45) is 3.42. The van der Waals surface area contributed by atoms with E-state index in [-0.39, 0.29) is 0 Å². The van der Waals surface area contributed by atoms with E-state index in [0.29, 0.717) is 5.76 Å². The van der Waals surface area contributed by atoms with Crippen molar-refractivity contribution < 1.29 is 4.74 Å². The molecule has 11 heavy (non-hydrogen) atoms. The van der Waals surface area contributed by atoms with Gasteiger partial charge in [0.25, 0.3) is 0 Å². The SMILES string of the molecule is C=C(OC)c1cncc(Br)c1. The minimum atomic E-state index is 0.624. The van der Waals surface area contributed by atoms with E-state index >= 15 is 0 Å². The van der Waals surface area contributed by atoms with Gasteiger partial charge in [-0.2, -0.15) is 0 Å². The van der Waals surface area contributed by atoms with E-state index in [0.717, 1.165) is 10.0 Å². The second-order valence-electron chi connectivity index (χ2n) is 2.02. The van der Waals surface area contributed by atoms with Gasteiger partial charge < -0.3 is 4.74 Å². The molecule has 1 rings (SSSR count). The summed E-state index contributed by atoms with van der Waals surface area (Å²) in [6.45, 7) is 3.70. The van der Waals surface area contributed by atoms with Crippen LogP contribution >= 0.6 is 15.9 Å². The molecule has 0 aliphatic carbocycles. The summed E-state index contributed by atoms with van der Waals surface area (Å²) in [6, 6.07) is 1.90. The van der Waals surface area contributed by atoms with Crippen molar-refractivity contribution in [2.24, 2.45) is 0 Å². The van der Waals surface area contributed by atoms with E-state index in [1.54, 1.807) is 19.5 Å². The third-order valence-electron chi connectivity index (χ3n) is 1.27. The summed E-state index contributed by atoms with van der Waals surface area (Å²) in [5.41, 5.74) is 0.891. The van der Waals surface area contributed by atoms with Crippen molar-refractivity contribution >= 4 is 21.7 Å². The van der Waals surface area contributed by atoms with Crippen LogP contribution in [0, 0.1) is 0 Å². The first-order valence-electron chi connectivity index (χ1n) is 3.08. The molecule has 0 aliphatic heterocycles. The molecule has 0 spiro atoms. The van der Waals surface area contributed by atoms with Crippen molar-refractivity contribution in [1.29, 1.82) is 0 Å². The number of methoxy groups -OCH3 is 1. The van der Waals surface area contributed by atoms with Crippen LogP contribution in [0.3, 0.4) is 0 Å². The molecule has 0 aliphatic rings. The van der Waals surface area contributed by atoms with Crippen molar-refractivity contribution in [2.45, 2.75) is 0 Å². The monoisotopic (exact) mass is 213 g/mol. The van der Waals surface area contributed by atoms with Gasteiger partial charge in [-0.05, 0) is 22.0 Å². The zero-order valence-corrected chi connectivity index (χ0v) is 7.76. The van der Waals surface area contributed by atoms with Gasteiger partial charge in [0.2, 0.25) is 0 Å². The van der Waals surface area contributed by atoms with Gasteiger partial charge in [0.1, 0.15) is 5.76 Å². The summed E-state index contributed by atoms with van der Waals surface area (Å²) in [5, 5.41) is 0. The summed E-state index contributed by atoms with van der Waals surface area (Å²) in [7, 11) is 1.59. The third kappa shape index (κ3) is 2.05. The number of nitrogens with zero attached hydrogens (tertiary/aromatic N) is 1. The second kappa shape index (κ2) is 3.53. The standard InChI is InChI=1S/C8H8BrNO/c1-6(11-2)7-3-8(9)5-10-4-7/h3-5H,1H2,2H3. The lowest BCUT2D eigenvalue weighted by molar-refractivity contribution is 0.371. The number of hydrogen-bond acceptors (Lipinski definition) is 2. The maximum Gasteiger partial charge on any atom is 0.120 e. The molecule has 1 heterocycles. The smallest absolute Gasteiger partial charge is 0.120 e. The Morgan fingerprint density at radius 3 is 2.91 bits per heavy atom. The van der Waals surface area contributed by atoms with Crippen LogP contribution in [0.5, 0.6) is 0 Å². The molecule has 0 radical (unpaired) electrons. The summed E-state index contributed by atoms with van der Waals surface area (Å²) in [4.78, 5) is 3.97. The van der Waals surface area contributed by atoms with Crippen LogP contribution in [0.15, 0.2) is 29.5 Å². The maximum absolute atomic E-state index is 4.94. The Kier molecular flexibility index (Phi) is 2.65. The molecule has 0 N–H and O–H groups in total. The molecule has 1 aromatic heterocycles. The summed E-state index contributed by atoms with van der Waals surface area (Å²) in [5.74, 6) is 0.624. The zero-order chi connectivity index (χ0) is 8.27. The van der Waals surface area contributed by atoms with E-state index in [9.17, 15) is 0 Å². The van der Waals surface area contributed by atoms with Crippen LogP contribution in [0.1, 0.15) is 5.56 Å². The van der Waals surface area contributed by atoms with Gasteiger partial charge in [0, 0.05) is 22.4 Å². The molecule has 0 fully saturated rings. The number of hydrogen-bond donors (Lipinski definition) is 0. The fourth-order valence-electron chi connectivity index (χ4n) is 0.682. The van der Waals surface area contributed by atoms with Crippen LogP contribution in [-0.2, 0) is 4.74 Å². The van der Waals surface area contributed by atoms with Gasteiger partial charge in [-0.1, -0.05) is 6.58 Å². The molecule has 1 aromatic rings. The second-order valence-corrected chi connectivity index (χ2v) is 2.93. The summed E-state index contributed by atoms with van der Waals surface area (Å²) < 4.78 is 5.86. The lowest BCUT2D eigenvalue weighted by atomic mass is 10.2. The molecule has 0 saturated heterocycles. The molecule has 3 heteroatoms. The topological polar surface area (TPSA) is 22.1 Å². The molecule has 2 nitrogen and oxygen atoms in total. The zero-order valence-electron chi connectivity index (χ0n) is 6.17. The molecular formula is C8H8BrNO. The number of halogens is 1. The van der Waals surface area contributed by atoms with Gasteiger partial charge in [-0.3, -0.25) is 4.98 Å². The van der Waals surface area contributed by atoms with Crippen LogP contribution in [0.2, 0.25) is 0 Å². The minimum absolute atomic E-state index is 0.624. The van der Waals surface area contributed by atoms with Crippen LogP contribution in [-0.4, -0.2) is 12.1 Å². The first-order valence-corrected chi connectivity index (χ1v) is 3.87. The third-order valence-corrected chi connectivity index (χ3v) is 1.71. The van der Waals surface area contributed by atoms with E-state index in [2.05, 4.69) is 27.5 Å². The van der Waals surface area contributed by atoms with E-state index in [1.165, 1.54) is 0 Å². The highest BCUT2D eigenvalue weighted by Gasteiger charge is 1.97. The van der Waals surface area contributed by atoms with Crippen LogP contribution in [0.4, 0.5) is 0 Å². The number of pyridine rings is 1. The van der Waals surface area contributed by atoms with Gasteiger partial charge in [0.15, 0.2) is 0 Å². The largest absolute Gasteiger partial charge is 0.497 e. The highest BCUT2D eigenvalue weighted by molar-refractivity contribution is 9.10. The van der Waals surface area contributed by atoms with Crippen molar-refractivity contribution in [3.05, 3.63) is 35.1 Å². The Bertz CT molecular complexity index is 273. The van der Waals surface area contributed by atoms with Gasteiger partial charge >= 0.3 is 0 Å². The number of aromatic nitrogens is 1. The maximum atomic E-state index is 4.94. The summed E-state index contributed by atoms with van der Waals surface area (Å²) >= 11 is 3.30. The van der Waals surface area contributed by atoms with Gasteiger partial charge in [-0.25, -0.2) is 0 Å². The highest BCUT2D eigenvalue weighted by atomic mass is 79.9. The van der Waals surface area contributed by atoms with Crippen LogP contribution < -0.4 is 0 Å². The first kappa shape index (κ1) is 8.27. The molecule has 0 saturated carbocycles. The van der Waals surface area contributed by atoms with Crippen LogP contribution in [0.25, 0.3) is 5.76 Å². The van der Waals surface area contributed by atoms with Crippen molar-refractivity contribution in [1.82, 2.24) is 4.98 Å². The fraction of sp³-hybridized carbons (Fsp3) is 0.125. The van der Waals surface area contributed by atoms with Crippen molar-refractivity contribution in [2.75, 3.05) is 7.11 Å². The average molecular weight is 214 g/mol. The Balaban J connectivity index is 2.96. The predicted octanol–water partition coefficient (Wildman–Crippen LogP) is 2.46. The van der Waals surface area contributed by atoms with Crippen molar-refractivity contribution in [3.8, 4) is 0 Å². The molecular weight excluding hydrogens is 206 g/mol. The Morgan fingerprint density at radius 1 is 1.64 bits per heavy atom. The number of ether oxygens (including phenoxy) is 1. The molecule has 0 bridgehead atoms. The van der Waals surface area contributed by atoms with E-state index in [4.69, 9.17) is 4.74 Å².